The molecule has 2 aliphatic rings. The van der Waals surface area contributed by atoms with Crippen LogP contribution in [0.4, 0.5) is 4.79 Å². The van der Waals surface area contributed by atoms with Crippen LogP contribution in [0.1, 0.15) is 56.6 Å². The number of aliphatic carboxylic acids is 1. The van der Waals surface area contributed by atoms with E-state index >= 15 is 0 Å². The van der Waals surface area contributed by atoms with Crippen LogP contribution in [0, 0.1) is 5.41 Å². The number of rotatable bonds is 7. The second-order valence-electron chi connectivity index (χ2n) is 9.97. The predicted molar refractivity (Wildman–Crippen MR) is 128 cm³/mol. The van der Waals surface area contributed by atoms with Crippen molar-refractivity contribution in [1.29, 1.82) is 0 Å². The topological polar surface area (TPSA) is 95.9 Å². The quantitative estimate of drug-likeness (QED) is 0.633. The third-order valence-corrected chi connectivity index (χ3v) is 7.37. The Morgan fingerprint density at radius 1 is 1.03 bits per heavy atom. The van der Waals surface area contributed by atoms with Gasteiger partial charge in [0.15, 0.2) is 0 Å². The zero-order chi connectivity index (χ0) is 24.5. The molecule has 0 saturated heterocycles. The highest BCUT2D eigenvalue weighted by Gasteiger charge is 2.49. The van der Waals surface area contributed by atoms with Gasteiger partial charge in [-0.25, -0.2) is 9.59 Å². The number of carboxylic acid groups (broad SMARTS) is 1. The summed E-state index contributed by atoms with van der Waals surface area (Å²) in [4.78, 5) is 39.1. The Morgan fingerprint density at radius 3 is 2.09 bits per heavy atom. The van der Waals surface area contributed by atoms with Crippen LogP contribution in [0.15, 0.2) is 48.5 Å². The van der Waals surface area contributed by atoms with E-state index in [0.29, 0.717) is 12.8 Å². The maximum absolute atomic E-state index is 13.2. The third-order valence-electron chi connectivity index (χ3n) is 7.37. The van der Waals surface area contributed by atoms with E-state index in [0.717, 1.165) is 35.1 Å². The van der Waals surface area contributed by atoms with Gasteiger partial charge in [-0.05, 0) is 48.9 Å². The summed E-state index contributed by atoms with van der Waals surface area (Å²) in [7, 11) is 1.55. The molecule has 0 bridgehead atoms. The summed E-state index contributed by atoms with van der Waals surface area (Å²) in [6, 6.07) is 16.2. The maximum atomic E-state index is 13.2. The lowest BCUT2D eigenvalue weighted by Gasteiger charge is -2.39. The van der Waals surface area contributed by atoms with Gasteiger partial charge in [0, 0.05) is 19.5 Å². The van der Waals surface area contributed by atoms with Gasteiger partial charge in [-0.2, -0.15) is 0 Å². The van der Waals surface area contributed by atoms with Gasteiger partial charge in [0.2, 0.25) is 5.91 Å². The van der Waals surface area contributed by atoms with Gasteiger partial charge < -0.3 is 20.1 Å². The molecule has 0 unspecified atom stereocenters. The molecule has 0 spiro atoms. The highest BCUT2D eigenvalue weighted by atomic mass is 16.5. The molecule has 7 heteroatoms. The van der Waals surface area contributed by atoms with E-state index in [4.69, 9.17) is 4.74 Å². The van der Waals surface area contributed by atoms with Gasteiger partial charge in [0.1, 0.15) is 12.1 Å². The number of fused-ring (bicyclic) bond motifs is 3. The van der Waals surface area contributed by atoms with Crippen molar-refractivity contribution in [3.8, 4) is 11.1 Å². The van der Waals surface area contributed by atoms with Gasteiger partial charge >= 0.3 is 12.1 Å². The lowest BCUT2D eigenvalue weighted by Crippen LogP contribution is -2.58. The molecule has 0 atom stereocenters. The van der Waals surface area contributed by atoms with Crippen molar-refractivity contribution in [3.63, 3.8) is 0 Å². The minimum absolute atomic E-state index is 0.0442. The number of hydrogen-bond donors (Lipinski definition) is 2. The number of hydrogen-bond acceptors (Lipinski definition) is 4. The van der Waals surface area contributed by atoms with Crippen molar-refractivity contribution >= 4 is 18.0 Å². The number of carbonyl (C=O) groups is 3. The molecular weight excluding hydrogens is 432 g/mol. The first-order valence-corrected chi connectivity index (χ1v) is 11.8. The van der Waals surface area contributed by atoms with E-state index in [2.05, 4.69) is 29.6 Å². The van der Waals surface area contributed by atoms with Crippen molar-refractivity contribution < 1.29 is 24.2 Å². The second-order valence-corrected chi connectivity index (χ2v) is 9.97. The average Bonchev–Trinajstić information content (AvgIpc) is 3.45. The van der Waals surface area contributed by atoms with E-state index in [1.54, 1.807) is 20.9 Å². The summed E-state index contributed by atoms with van der Waals surface area (Å²) in [5, 5.41) is 12.5. The monoisotopic (exact) mass is 464 g/mol. The zero-order valence-electron chi connectivity index (χ0n) is 20.0. The van der Waals surface area contributed by atoms with Gasteiger partial charge in [-0.3, -0.25) is 4.79 Å². The number of nitrogens with one attached hydrogen (secondary N) is 1. The molecule has 0 radical (unpaired) electrons. The van der Waals surface area contributed by atoms with Crippen LogP contribution in [0.25, 0.3) is 11.1 Å². The number of carbonyl (C=O) groups excluding carboxylic acids is 2. The number of nitrogens with zero attached hydrogens (tertiary/aromatic N) is 1. The van der Waals surface area contributed by atoms with Crippen LogP contribution in [-0.4, -0.2) is 53.7 Å². The average molecular weight is 465 g/mol. The van der Waals surface area contributed by atoms with Crippen molar-refractivity contribution in [2.75, 3.05) is 20.2 Å². The number of likely N-dealkylation sites (N-methyl/N-ethyl adjacent to an activating group) is 1. The fourth-order valence-corrected chi connectivity index (χ4v) is 5.32. The maximum Gasteiger partial charge on any atom is 0.407 e. The molecule has 2 aromatic carbocycles. The van der Waals surface area contributed by atoms with Crippen LogP contribution < -0.4 is 5.32 Å². The Labute approximate surface area is 200 Å². The number of ether oxygens (including phenoxy) is 1. The molecule has 1 fully saturated rings. The molecule has 2 aliphatic carbocycles. The summed E-state index contributed by atoms with van der Waals surface area (Å²) < 4.78 is 5.56. The van der Waals surface area contributed by atoms with E-state index < -0.39 is 23.0 Å². The van der Waals surface area contributed by atoms with Gasteiger partial charge in [-0.1, -0.05) is 61.4 Å². The van der Waals surface area contributed by atoms with E-state index in [9.17, 15) is 19.5 Å². The lowest BCUT2D eigenvalue weighted by atomic mass is 9.87. The van der Waals surface area contributed by atoms with Crippen molar-refractivity contribution in [1.82, 2.24) is 10.2 Å². The normalized spacial score (nSPS) is 16.4. The molecular formula is C27H32N2O5. The summed E-state index contributed by atoms with van der Waals surface area (Å²) >= 11 is 0. The molecule has 2 N–H and O–H groups in total. The van der Waals surface area contributed by atoms with E-state index in [-0.39, 0.29) is 25.0 Å². The molecule has 180 valence electrons. The smallest absolute Gasteiger partial charge is 0.407 e. The third kappa shape index (κ3) is 4.15. The second kappa shape index (κ2) is 9.12. The number of benzene rings is 2. The molecule has 0 aromatic heterocycles. The highest BCUT2D eigenvalue weighted by Crippen LogP contribution is 2.44. The number of amides is 2. The minimum atomic E-state index is -1.17. The van der Waals surface area contributed by atoms with Gasteiger partial charge in [0.25, 0.3) is 0 Å². The van der Waals surface area contributed by atoms with Crippen molar-refractivity contribution in [2.24, 2.45) is 5.41 Å². The van der Waals surface area contributed by atoms with Crippen LogP contribution in [-0.2, 0) is 14.3 Å². The fraction of sp³-hybridized carbons (Fsp3) is 0.444. The van der Waals surface area contributed by atoms with Crippen molar-refractivity contribution in [3.05, 3.63) is 59.7 Å². The van der Waals surface area contributed by atoms with E-state index in [1.165, 1.54) is 4.90 Å². The molecule has 1 saturated carbocycles. The molecule has 2 amide bonds. The summed E-state index contributed by atoms with van der Waals surface area (Å²) in [6.45, 7) is 3.65. The molecule has 0 heterocycles. The Bertz CT molecular complexity index is 1060. The largest absolute Gasteiger partial charge is 0.479 e. The Morgan fingerprint density at radius 2 is 1.56 bits per heavy atom. The Kier molecular flexibility index (Phi) is 6.39. The SMILES string of the molecule is CN(C(=O)C(C)(C)CNC(=O)OCC1c2ccccc2-c2ccccc21)C1(C(=O)O)CCCC1. The summed E-state index contributed by atoms with van der Waals surface area (Å²) in [5.41, 5.74) is 2.42. The first-order valence-electron chi connectivity index (χ1n) is 11.8. The first kappa shape index (κ1) is 23.8. The number of alkyl carbamates (subject to hydrolysis) is 1. The fourth-order valence-electron chi connectivity index (χ4n) is 5.32. The molecule has 4 rings (SSSR count). The molecule has 0 aliphatic heterocycles. The van der Waals surface area contributed by atoms with Gasteiger partial charge in [0.05, 0.1) is 5.41 Å². The van der Waals surface area contributed by atoms with Crippen LogP contribution in [0.3, 0.4) is 0 Å². The molecule has 7 nitrogen and oxygen atoms in total. The molecule has 34 heavy (non-hydrogen) atoms. The van der Waals surface area contributed by atoms with Crippen molar-refractivity contribution in [2.45, 2.75) is 51.0 Å². The first-order chi connectivity index (χ1) is 16.2. The van der Waals surface area contributed by atoms with Crippen LogP contribution >= 0.6 is 0 Å². The zero-order valence-corrected chi connectivity index (χ0v) is 20.0. The number of carboxylic acids is 1. The highest BCUT2D eigenvalue weighted by molar-refractivity contribution is 5.90. The van der Waals surface area contributed by atoms with E-state index in [1.807, 2.05) is 24.3 Å². The predicted octanol–water partition coefficient (Wildman–Crippen LogP) is 4.41. The Balaban J connectivity index is 1.37. The summed E-state index contributed by atoms with van der Waals surface area (Å²) in [6.07, 6.45) is 1.85. The van der Waals surface area contributed by atoms with Crippen LogP contribution in [0.5, 0.6) is 0 Å². The summed E-state index contributed by atoms with van der Waals surface area (Å²) in [5.74, 6) is -1.33. The molecule has 2 aromatic rings. The standard InChI is InChI=1S/C27H32N2O5/c1-26(2,23(30)29(3)27(24(31)32)14-8-9-15-27)17-28-25(33)34-16-22-20-12-6-4-10-18(20)19-11-5-7-13-21(19)22/h4-7,10-13,22H,8-9,14-17H2,1-3H3,(H,28,33)(H,31,32). The van der Waals surface area contributed by atoms with Gasteiger partial charge in [-0.15, -0.1) is 0 Å². The minimum Gasteiger partial charge on any atom is -0.479 e. The lowest BCUT2D eigenvalue weighted by molar-refractivity contribution is -0.161. The Hall–Kier alpha value is -3.35. The van der Waals surface area contributed by atoms with Crippen LogP contribution in [0.2, 0.25) is 0 Å².